The first-order valence-electron chi connectivity index (χ1n) is 6.83. The van der Waals surface area contributed by atoms with Crippen molar-refractivity contribution in [2.24, 2.45) is 0 Å². The van der Waals surface area contributed by atoms with Crippen LogP contribution in [0.5, 0.6) is 0 Å². The van der Waals surface area contributed by atoms with Crippen LogP contribution in [-0.2, 0) is 6.54 Å². The van der Waals surface area contributed by atoms with Gasteiger partial charge in [-0.25, -0.2) is 4.39 Å². The average molecular weight is 286 g/mol. The second kappa shape index (κ2) is 6.39. The van der Waals surface area contributed by atoms with E-state index in [9.17, 15) is 9.18 Å². The van der Waals surface area contributed by atoms with Gasteiger partial charge >= 0.3 is 0 Å². The number of benzene rings is 2. The predicted octanol–water partition coefficient (Wildman–Crippen LogP) is 3.41. The van der Waals surface area contributed by atoms with Crippen molar-refractivity contribution in [2.75, 3.05) is 12.4 Å². The lowest BCUT2D eigenvalue weighted by Gasteiger charge is -2.13. The number of amides is 1. The first kappa shape index (κ1) is 15.0. The molecule has 4 heteroatoms. The highest BCUT2D eigenvalue weighted by atomic mass is 19.1. The molecule has 110 valence electrons. The van der Waals surface area contributed by atoms with E-state index in [-0.39, 0.29) is 11.7 Å². The summed E-state index contributed by atoms with van der Waals surface area (Å²) in [5.74, 6) is -0.343. The van der Waals surface area contributed by atoms with Crippen LogP contribution in [0.4, 0.5) is 10.1 Å². The molecule has 0 fully saturated rings. The topological polar surface area (TPSA) is 41.1 Å². The van der Waals surface area contributed by atoms with Gasteiger partial charge in [0, 0.05) is 24.8 Å². The van der Waals surface area contributed by atoms with Crippen molar-refractivity contribution in [3.63, 3.8) is 0 Å². The van der Waals surface area contributed by atoms with Gasteiger partial charge in [0.05, 0.1) is 0 Å². The van der Waals surface area contributed by atoms with Crippen molar-refractivity contribution >= 4 is 11.6 Å². The highest BCUT2D eigenvalue weighted by Crippen LogP contribution is 2.19. The van der Waals surface area contributed by atoms with Crippen LogP contribution in [0.3, 0.4) is 0 Å². The fourth-order valence-electron chi connectivity index (χ4n) is 2.15. The summed E-state index contributed by atoms with van der Waals surface area (Å²) < 4.78 is 13.1. The average Bonchev–Trinajstić information content (AvgIpc) is 2.47. The van der Waals surface area contributed by atoms with Gasteiger partial charge in [-0.05, 0) is 54.8 Å². The van der Waals surface area contributed by atoms with Crippen LogP contribution in [-0.4, -0.2) is 13.0 Å². The molecule has 0 bridgehead atoms. The molecule has 0 heterocycles. The highest BCUT2D eigenvalue weighted by Gasteiger charge is 2.07. The molecule has 0 aliphatic rings. The maximum absolute atomic E-state index is 13.1. The van der Waals surface area contributed by atoms with E-state index in [1.807, 2.05) is 26.0 Å². The Hall–Kier alpha value is -2.36. The zero-order valence-electron chi connectivity index (χ0n) is 12.5. The van der Waals surface area contributed by atoms with Gasteiger partial charge in [-0.2, -0.15) is 0 Å². The summed E-state index contributed by atoms with van der Waals surface area (Å²) in [5.41, 5.74) is 4.51. The number of carbonyl (C=O) groups is 1. The van der Waals surface area contributed by atoms with Crippen LogP contribution in [0.25, 0.3) is 0 Å². The van der Waals surface area contributed by atoms with Gasteiger partial charge < -0.3 is 10.6 Å². The van der Waals surface area contributed by atoms with Gasteiger partial charge in [0.25, 0.3) is 5.91 Å². The minimum atomic E-state index is -0.228. The summed E-state index contributed by atoms with van der Waals surface area (Å²) in [6.07, 6.45) is 0. The lowest BCUT2D eigenvalue weighted by atomic mass is 10.1. The Morgan fingerprint density at radius 2 is 1.86 bits per heavy atom. The molecule has 2 aromatic carbocycles. The lowest BCUT2D eigenvalue weighted by molar-refractivity contribution is 0.0963. The van der Waals surface area contributed by atoms with E-state index in [0.717, 1.165) is 22.4 Å². The van der Waals surface area contributed by atoms with Gasteiger partial charge in [-0.3, -0.25) is 4.79 Å². The molecular weight excluding hydrogens is 267 g/mol. The highest BCUT2D eigenvalue weighted by molar-refractivity contribution is 5.95. The zero-order chi connectivity index (χ0) is 15.4. The molecule has 21 heavy (non-hydrogen) atoms. The molecule has 2 aromatic rings. The summed E-state index contributed by atoms with van der Waals surface area (Å²) in [6, 6.07) is 10.3. The van der Waals surface area contributed by atoms with Crippen molar-refractivity contribution in [3.8, 4) is 0 Å². The van der Waals surface area contributed by atoms with E-state index in [1.54, 1.807) is 19.2 Å². The number of rotatable bonds is 4. The number of hydrogen-bond acceptors (Lipinski definition) is 2. The van der Waals surface area contributed by atoms with E-state index >= 15 is 0 Å². The maximum atomic E-state index is 13.1. The summed E-state index contributed by atoms with van der Waals surface area (Å²) in [7, 11) is 1.61. The number of hydrogen-bond donors (Lipinski definition) is 2. The summed E-state index contributed by atoms with van der Waals surface area (Å²) in [6.45, 7) is 4.45. The summed E-state index contributed by atoms with van der Waals surface area (Å²) in [5, 5.41) is 5.92. The third-order valence-corrected chi connectivity index (χ3v) is 3.50. The number of anilines is 1. The molecule has 3 nitrogen and oxygen atoms in total. The number of aryl methyl sites for hydroxylation is 2. The largest absolute Gasteiger partial charge is 0.381 e. The Morgan fingerprint density at radius 1 is 1.10 bits per heavy atom. The van der Waals surface area contributed by atoms with Gasteiger partial charge in [0.2, 0.25) is 0 Å². The van der Waals surface area contributed by atoms with Crippen molar-refractivity contribution in [2.45, 2.75) is 20.4 Å². The normalized spacial score (nSPS) is 10.3. The maximum Gasteiger partial charge on any atom is 0.251 e. The molecule has 0 aliphatic heterocycles. The number of carbonyl (C=O) groups excluding carboxylic acids is 1. The van der Waals surface area contributed by atoms with Gasteiger partial charge in [0.15, 0.2) is 0 Å². The number of halogens is 1. The monoisotopic (exact) mass is 286 g/mol. The van der Waals surface area contributed by atoms with Gasteiger partial charge in [-0.15, -0.1) is 0 Å². The SMILES string of the molecule is CNC(=O)c1ccc(C)c(NCc2ccc(F)cc2C)c1. The lowest BCUT2D eigenvalue weighted by Crippen LogP contribution is -2.18. The molecule has 2 rings (SSSR count). The van der Waals surface area contributed by atoms with Crippen molar-refractivity contribution < 1.29 is 9.18 Å². The van der Waals surface area contributed by atoms with E-state index < -0.39 is 0 Å². The zero-order valence-corrected chi connectivity index (χ0v) is 12.5. The van der Waals surface area contributed by atoms with Gasteiger partial charge in [0.1, 0.15) is 5.82 Å². The molecule has 1 amide bonds. The van der Waals surface area contributed by atoms with E-state index in [0.29, 0.717) is 12.1 Å². The third kappa shape index (κ3) is 3.60. The third-order valence-electron chi connectivity index (χ3n) is 3.50. The molecule has 0 spiro atoms. The Bertz CT molecular complexity index is 668. The Labute approximate surface area is 124 Å². The molecule has 0 saturated heterocycles. The van der Waals surface area contributed by atoms with Crippen LogP contribution in [0.1, 0.15) is 27.0 Å². The van der Waals surface area contributed by atoms with Crippen molar-refractivity contribution in [1.29, 1.82) is 0 Å². The minimum absolute atomic E-state index is 0.115. The Balaban J connectivity index is 2.17. The van der Waals surface area contributed by atoms with Crippen LogP contribution in [0.15, 0.2) is 36.4 Å². The number of nitrogens with one attached hydrogen (secondary N) is 2. The van der Waals surface area contributed by atoms with E-state index in [2.05, 4.69) is 10.6 Å². The second-order valence-electron chi connectivity index (χ2n) is 5.03. The first-order valence-corrected chi connectivity index (χ1v) is 6.83. The van der Waals surface area contributed by atoms with Gasteiger partial charge in [-0.1, -0.05) is 12.1 Å². The molecule has 0 saturated carbocycles. The molecular formula is C17H19FN2O. The fourth-order valence-corrected chi connectivity index (χ4v) is 2.15. The minimum Gasteiger partial charge on any atom is -0.381 e. The van der Waals surface area contributed by atoms with Crippen LogP contribution in [0.2, 0.25) is 0 Å². The Morgan fingerprint density at radius 3 is 2.52 bits per heavy atom. The Kier molecular flexibility index (Phi) is 4.58. The van der Waals surface area contributed by atoms with E-state index in [4.69, 9.17) is 0 Å². The second-order valence-corrected chi connectivity index (χ2v) is 5.03. The smallest absolute Gasteiger partial charge is 0.251 e. The molecule has 2 N–H and O–H groups in total. The molecule has 0 radical (unpaired) electrons. The first-order chi connectivity index (χ1) is 10.0. The van der Waals surface area contributed by atoms with Crippen molar-refractivity contribution in [3.05, 3.63) is 64.5 Å². The van der Waals surface area contributed by atoms with E-state index in [1.165, 1.54) is 12.1 Å². The summed E-state index contributed by atoms with van der Waals surface area (Å²) >= 11 is 0. The molecule has 0 aliphatic carbocycles. The fraction of sp³-hybridized carbons (Fsp3) is 0.235. The molecule has 0 unspecified atom stereocenters. The predicted molar refractivity (Wildman–Crippen MR) is 83.0 cm³/mol. The molecule has 0 atom stereocenters. The quantitative estimate of drug-likeness (QED) is 0.904. The standard InChI is InChI=1S/C17H19FN2O/c1-11-4-5-13(17(21)19-3)9-16(11)20-10-14-6-7-15(18)8-12(14)2/h4-9,20H,10H2,1-3H3,(H,19,21). The van der Waals surface area contributed by atoms with Crippen molar-refractivity contribution in [1.82, 2.24) is 5.32 Å². The van der Waals surface area contributed by atoms with Crippen LogP contribution < -0.4 is 10.6 Å². The summed E-state index contributed by atoms with van der Waals surface area (Å²) in [4.78, 5) is 11.7. The van der Waals surface area contributed by atoms with Crippen LogP contribution in [0, 0.1) is 19.7 Å². The molecule has 0 aromatic heterocycles. The van der Waals surface area contributed by atoms with Crippen LogP contribution >= 0.6 is 0 Å².